The molecule has 6 nitrogen and oxygen atoms in total. The monoisotopic (exact) mass is 314 g/mol. The average molecular weight is 314 g/mol. The van der Waals surface area contributed by atoms with Crippen molar-refractivity contribution in [3.05, 3.63) is 29.3 Å². The Balaban J connectivity index is 3.01. The van der Waals surface area contributed by atoms with Crippen LogP contribution in [0.25, 0.3) is 0 Å². The van der Waals surface area contributed by atoms with Crippen LogP contribution in [0.15, 0.2) is 23.1 Å². The van der Waals surface area contributed by atoms with Gasteiger partial charge in [-0.05, 0) is 31.0 Å². The summed E-state index contributed by atoms with van der Waals surface area (Å²) in [4.78, 5) is 12.2. The minimum Gasteiger partial charge on any atom is -0.383 e. The maximum Gasteiger partial charge on any atom is 0.251 e. The smallest absolute Gasteiger partial charge is 0.251 e. The minimum absolute atomic E-state index is 0.0722. The summed E-state index contributed by atoms with van der Waals surface area (Å²) in [6, 6.07) is 4.15. The van der Waals surface area contributed by atoms with Crippen LogP contribution in [0.3, 0.4) is 0 Å². The van der Waals surface area contributed by atoms with E-state index in [1.165, 1.54) is 12.1 Å². The first-order valence-electron chi connectivity index (χ1n) is 6.72. The second kappa shape index (κ2) is 7.53. The van der Waals surface area contributed by atoms with E-state index in [9.17, 15) is 13.2 Å². The van der Waals surface area contributed by atoms with Gasteiger partial charge in [0.1, 0.15) is 0 Å². The second-order valence-corrected chi connectivity index (χ2v) is 6.50. The van der Waals surface area contributed by atoms with Gasteiger partial charge in [0.15, 0.2) is 0 Å². The summed E-state index contributed by atoms with van der Waals surface area (Å²) in [7, 11) is -2.26. The Labute approximate surface area is 125 Å². The first kappa shape index (κ1) is 17.6. The highest BCUT2D eigenvalue weighted by Gasteiger charge is 2.17. The van der Waals surface area contributed by atoms with Gasteiger partial charge in [-0.2, -0.15) is 0 Å². The Morgan fingerprint density at radius 1 is 1.43 bits per heavy atom. The highest BCUT2D eigenvalue weighted by atomic mass is 32.2. The van der Waals surface area contributed by atoms with Crippen LogP contribution in [0.1, 0.15) is 35.7 Å². The quantitative estimate of drug-likeness (QED) is 0.789. The Hall–Kier alpha value is -1.44. The maximum absolute atomic E-state index is 12.3. The van der Waals surface area contributed by atoms with Crippen LogP contribution in [0.5, 0.6) is 0 Å². The average Bonchev–Trinajstić information content (AvgIpc) is 2.38. The Kier molecular flexibility index (Phi) is 6.32. The lowest BCUT2D eigenvalue weighted by Crippen LogP contribution is -2.38. The van der Waals surface area contributed by atoms with Crippen LogP contribution >= 0.6 is 0 Å². The number of rotatable bonds is 7. The van der Waals surface area contributed by atoms with Crippen molar-refractivity contribution < 1.29 is 17.9 Å². The number of sulfonamides is 1. The van der Waals surface area contributed by atoms with Crippen LogP contribution in [-0.2, 0) is 14.8 Å². The van der Waals surface area contributed by atoms with Crippen molar-refractivity contribution >= 4 is 15.9 Å². The summed E-state index contributed by atoms with van der Waals surface area (Å²) in [5.41, 5.74) is 0.992. The van der Waals surface area contributed by atoms with Crippen molar-refractivity contribution in [1.29, 1.82) is 0 Å². The summed E-state index contributed by atoms with van der Waals surface area (Å²) in [5.74, 6) is -0.325. The Bertz CT molecular complexity index is 593. The fourth-order valence-electron chi connectivity index (χ4n) is 2.03. The van der Waals surface area contributed by atoms with Crippen molar-refractivity contribution in [2.45, 2.75) is 37.6 Å². The topological polar surface area (TPSA) is 98.5 Å². The van der Waals surface area contributed by atoms with Crippen LogP contribution in [0, 0.1) is 6.92 Å². The summed E-state index contributed by atoms with van der Waals surface area (Å²) >= 11 is 0. The van der Waals surface area contributed by atoms with Crippen LogP contribution in [0.2, 0.25) is 0 Å². The van der Waals surface area contributed by atoms with E-state index in [1.54, 1.807) is 20.1 Å². The number of hydrogen-bond donors (Lipinski definition) is 2. The lowest BCUT2D eigenvalue weighted by molar-refractivity contribution is 0.0891. The van der Waals surface area contributed by atoms with Crippen LogP contribution in [0.4, 0.5) is 0 Å². The minimum atomic E-state index is -3.83. The Morgan fingerprint density at radius 3 is 2.62 bits per heavy atom. The number of carbonyl (C=O) groups is 1. The van der Waals surface area contributed by atoms with E-state index in [4.69, 9.17) is 9.88 Å². The summed E-state index contributed by atoms with van der Waals surface area (Å²) in [5, 5.41) is 7.95. The molecule has 7 heteroatoms. The predicted octanol–water partition coefficient (Wildman–Crippen LogP) is 1.19. The molecule has 21 heavy (non-hydrogen) atoms. The van der Waals surface area contributed by atoms with Crippen molar-refractivity contribution in [1.82, 2.24) is 5.32 Å². The van der Waals surface area contributed by atoms with Gasteiger partial charge in [0.05, 0.1) is 17.5 Å². The fraction of sp³-hybridized carbons (Fsp3) is 0.500. The maximum atomic E-state index is 12.3. The standard InChI is InChI=1S/C14H22N2O4S/c1-4-5-11(9-20-3)16-14(17)13-8-12(21(15,18)19)7-6-10(13)2/h6-8,11H,4-5,9H2,1-3H3,(H,16,17)(H2,15,18,19). The molecule has 1 atom stereocenters. The van der Waals surface area contributed by atoms with Gasteiger partial charge >= 0.3 is 0 Å². The van der Waals surface area contributed by atoms with Gasteiger partial charge in [-0.3, -0.25) is 4.79 Å². The number of hydrogen-bond acceptors (Lipinski definition) is 4. The lowest BCUT2D eigenvalue weighted by Gasteiger charge is -2.18. The molecule has 0 fully saturated rings. The molecule has 0 bridgehead atoms. The number of ether oxygens (including phenoxy) is 1. The normalized spacial score (nSPS) is 13.0. The SMILES string of the molecule is CCCC(COC)NC(=O)c1cc(S(N)(=O)=O)ccc1C. The van der Waals surface area contributed by atoms with Crippen molar-refractivity contribution in [2.75, 3.05) is 13.7 Å². The molecule has 1 unspecified atom stereocenters. The molecule has 1 rings (SSSR count). The molecule has 0 aromatic heterocycles. The van der Waals surface area contributed by atoms with E-state index < -0.39 is 10.0 Å². The highest BCUT2D eigenvalue weighted by Crippen LogP contribution is 2.15. The third-order valence-electron chi connectivity index (χ3n) is 3.12. The number of nitrogens with two attached hydrogens (primary N) is 1. The number of aryl methyl sites for hydroxylation is 1. The number of methoxy groups -OCH3 is 1. The Morgan fingerprint density at radius 2 is 2.10 bits per heavy atom. The van der Waals surface area contributed by atoms with E-state index in [1.807, 2.05) is 6.92 Å². The molecule has 118 valence electrons. The second-order valence-electron chi connectivity index (χ2n) is 4.94. The predicted molar refractivity (Wildman–Crippen MR) is 80.6 cm³/mol. The van der Waals surface area contributed by atoms with Gasteiger partial charge in [-0.1, -0.05) is 19.4 Å². The van der Waals surface area contributed by atoms with E-state index in [0.29, 0.717) is 17.7 Å². The first-order valence-corrected chi connectivity index (χ1v) is 8.27. The molecular weight excluding hydrogens is 292 g/mol. The van der Waals surface area contributed by atoms with Crippen molar-refractivity contribution in [3.63, 3.8) is 0 Å². The van der Waals surface area contributed by atoms with Gasteiger partial charge in [0.2, 0.25) is 10.0 Å². The molecule has 3 N–H and O–H groups in total. The summed E-state index contributed by atoms with van der Waals surface area (Å²) < 4.78 is 27.8. The summed E-state index contributed by atoms with van der Waals surface area (Å²) in [6.07, 6.45) is 1.69. The molecule has 1 aromatic rings. The number of nitrogens with one attached hydrogen (secondary N) is 1. The highest BCUT2D eigenvalue weighted by molar-refractivity contribution is 7.89. The lowest BCUT2D eigenvalue weighted by atomic mass is 10.1. The molecule has 0 radical (unpaired) electrons. The van der Waals surface area contributed by atoms with Crippen LogP contribution < -0.4 is 10.5 Å². The molecule has 0 aliphatic carbocycles. The zero-order valence-electron chi connectivity index (χ0n) is 12.5. The van der Waals surface area contributed by atoms with Crippen molar-refractivity contribution in [3.8, 4) is 0 Å². The molecule has 0 aliphatic rings. The first-order chi connectivity index (χ1) is 9.79. The van der Waals surface area contributed by atoms with E-state index >= 15 is 0 Å². The molecule has 0 saturated heterocycles. The third-order valence-corrected chi connectivity index (χ3v) is 4.03. The molecule has 1 aromatic carbocycles. The number of primary sulfonamides is 1. The van der Waals surface area contributed by atoms with Gasteiger partial charge in [0, 0.05) is 12.7 Å². The molecule has 0 heterocycles. The fourth-order valence-corrected chi connectivity index (χ4v) is 2.57. The summed E-state index contributed by atoms with van der Waals surface area (Å²) in [6.45, 7) is 4.17. The van der Waals surface area contributed by atoms with E-state index in [2.05, 4.69) is 5.32 Å². The van der Waals surface area contributed by atoms with Gasteiger partial charge in [0.25, 0.3) is 5.91 Å². The largest absolute Gasteiger partial charge is 0.383 e. The molecule has 1 amide bonds. The third kappa shape index (κ3) is 5.11. The zero-order chi connectivity index (χ0) is 16.0. The van der Waals surface area contributed by atoms with Gasteiger partial charge in [-0.15, -0.1) is 0 Å². The van der Waals surface area contributed by atoms with E-state index in [-0.39, 0.29) is 16.8 Å². The molecule has 0 spiro atoms. The molecule has 0 aliphatic heterocycles. The zero-order valence-corrected chi connectivity index (χ0v) is 13.4. The molecular formula is C14H22N2O4S. The number of amides is 1. The van der Waals surface area contributed by atoms with E-state index in [0.717, 1.165) is 12.8 Å². The van der Waals surface area contributed by atoms with Crippen LogP contribution in [-0.4, -0.2) is 34.1 Å². The van der Waals surface area contributed by atoms with Gasteiger partial charge in [-0.25, -0.2) is 13.6 Å². The van der Waals surface area contributed by atoms with Gasteiger partial charge < -0.3 is 10.1 Å². The van der Waals surface area contributed by atoms with Crippen molar-refractivity contribution in [2.24, 2.45) is 5.14 Å². The number of carbonyl (C=O) groups excluding carboxylic acids is 1. The molecule has 0 saturated carbocycles. The number of benzene rings is 1.